The quantitative estimate of drug-likeness (QED) is 0.607. The van der Waals surface area contributed by atoms with Gasteiger partial charge in [-0.3, -0.25) is 9.69 Å². The first-order valence-electron chi connectivity index (χ1n) is 11.4. The second-order valence-electron chi connectivity index (χ2n) is 8.29. The van der Waals surface area contributed by atoms with Gasteiger partial charge in [0.2, 0.25) is 0 Å². The van der Waals surface area contributed by atoms with Gasteiger partial charge in [-0.25, -0.2) is 4.98 Å². The molecule has 31 heavy (non-hydrogen) atoms. The number of pyridine rings is 2. The van der Waals surface area contributed by atoms with Gasteiger partial charge in [-0.2, -0.15) is 0 Å². The third-order valence-electron chi connectivity index (χ3n) is 6.36. The SMILES string of the molecule is CCC(c1ccc([C@H](C)Nc2cc3c(ccc(=O)n3CC)cn2)cc1)N1CCNCC1. The summed E-state index contributed by atoms with van der Waals surface area (Å²) >= 11 is 0. The van der Waals surface area contributed by atoms with E-state index >= 15 is 0 Å². The standard InChI is InChI=1S/C25H33N5O/c1-4-22(29-14-12-26-13-15-29)20-8-6-19(7-9-20)18(3)28-24-16-23-21(17-27-24)10-11-25(31)30(23)5-2/h6-11,16-18,22,26H,4-5,12-15H2,1-3H3,(H,27,28)/t18-,22?/m0/s1. The smallest absolute Gasteiger partial charge is 0.251 e. The van der Waals surface area contributed by atoms with Crippen molar-refractivity contribution in [1.29, 1.82) is 0 Å². The molecule has 1 aliphatic heterocycles. The molecule has 0 saturated carbocycles. The zero-order chi connectivity index (χ0) is 21.8. The highest BCUT2D eigenvalue weighted by molar-refractivity contribution is 5.80. The van der Waals surface area contributed by atoms with Crippen LogP contribution in [-0.4, -0.2) is 40.6 Å². The van der Waals surface area contributed by atoms with E-state index < -0.39 is 0 Å². The van der Waals surface area contributed by atoms with E-state index in [9.17, 15) is 4.79 Å². The molecular weight excluding hydrogens is 386 g/mol. The van der Waals surface area contributed by atoms with Crippen molar-refractivity contribution in [2.75, 3.05) is 31.5 Å². The molecule has 1 aromatic carbocycles. The highest BCUT2D eigenvalue weighted by atomic mass is 16.1. The molecule has 0 aliphatic carbocycles. The number of anilines is 1. The Labute approximate surface area is 184 Å². The van der Waals surface area contributed by atoms with Crippen LogP contribution in [-0.2, 0) is 6.54 Å². The number of hydrogen-bond donors (Lipinski definition) is 2. The van der Waals surface area contributed by atoms with Gasteiger partial charge in [0, 0.05) is 68.5 Å². The number of benzene rings is 1. The van der Waals surface area contributed by atoms with E-state index in [1.54, 1.807) is 10.6 Å². The highest BCUT2D eigenvalue weighted by Gasteiger charge is 2.20. The third kappa shape index (κ3) is 4.65. The predicted molar refractivity (Wildman–Crippen MR) is 128 cm³/mol. The van der Waals surface area contributed by atoms with Crippen molar-refractivity contribution in [2.45, 2.75) is 45.8 Å². The van der Waals surface area contributed by atoms with E-state index in [0.29, 0.717) is 12.6 Å². The molecule has 4 rings (SSSR count). The van der Waals surface area contributed by atoms with Crippen LogP contribution >= 0.6 is 0 Å². The fourth-order valence-corrected chi connectivity index (χ4v) is 4.60. The van der Waals surface area contributed by atoms with Crippen molar-refractivity contribution in [2.24, 2.45) is 0 Å². The van der Waals surface area contributed by atoms with Crippen LogP contribution in [0.25, 0.3) is 10.9 Å². The average Bonchev–Trinajstić information content (AvgIpc) is 2.80. The summed E-state index contributed by atoms with van der Waals surface area (Å²) < 4.78 is 1.78. The molecule has 3 aromatic rings. The average molecular weight is 420 g/mol. The molecule has 1 unspecified atom stereocenters. The van der Waals surface area contributed by atoms with Gasteiger partial charge in [0.25, 0.3) is 5.56 Å². The summed E-state index contributed by atoms with van der Waals surface area (Å²) in [6, 6.07) is 15.0. The maximum Gasteiger partial charge on any atom is 0.251 e. The molecule has 1 fully saturated rings. The Balaban J connectivity index is 1.51. The van der Waals surface area contributed by atoms with Crippen molar-refractivity contribution < 1.29 is 0 Å². The summed E-state index contributed by atoms with van der Waals surface area (Å²) in [6.45, 7) is 11.4. The van der Waals surface area contributed by atoms with Crippen LogP contribution < -0.4 is 16.2 Å². The van der Waals surface area contributed by atoms with Crippen LogP contribution in [0.15, 0.2) is 53.5 Å². The van der Waals surface area contributed by atoms with Gasteiger partial charge in [0.15, 0.2) is 0 Å². The molecule has 6 heteroatoms. The lowest BCUT2D eigenvalue weighted by Crippen LogP contribution is -2.45. The van der Waals surface area contributed by atoms with Gasteiger partial charge < -0.3 is 15.2 Å². The van der Waals surface area contributed by atoms with E-state index in [1.165, 1.54) is 11.1 Å². The fraction of sp³-hybridized carbons (Fsp3) is 0.440. The van der Waals surface area contributed by atoms with Crippen LogP contribution in [0, 0.1) is 0 Å². The number of rotatable bonds is 7. The molecular formula is C25H33N5O. The number of nitrogens with zero attached hydrogens (tertiary/aromatic N) is 3. The van der Waals surface area contributed by atoms with Crippen molar-refractivity contribution in [3.8, 4) is 0 Å². The van der Waals surface area contributed by atoms with Crippen LogP contribution in [0.3, 0.4) is 0 Å². The molecule has 0 spiro atoms. The fourth-order valence-electron chi connectivity index (χ4n) is 4.60. The van der Waals surface area contributed by atoms with Crippen molar-refractivity contribution in [3.63, 3.8) is 0 Å². The van der Waals surface area contributed by atoms with Crippen molar-refractivity contribution in [1.82, 2.24) is 19.8 Å². The normalized spacial score (nSPS) is 16.9. The minimum Gasteiger partial charge on any atom is -0.363 e. The molecule has 0 amide bonds. The lowest BCUT2D eigenvalue weighted by Gasteiger charge is -2.34. The number of piperazine rings is 1. The summed E-state index contributed by atoms with van der Waals surface area (Å²) in [5.74, 6) is 0.782. The first-order chi connectivity index (χ1) is 15.1. The number of nitrogens with one attached hydrogen (secondary N) is 2. The molecule has 2 atom stereocenters. The maximum atomic E-state index is 12.2. The van der Waals surface area contributed by atoms with Crippen LogP contribution in [0.1, 0.15) is 50.4 Å². The monoisotopic (exact) mass is 419 g/mol. The summed E-state index contributed by atoms with van der Waals surface area (Å²) in [4.78, 5) is 19.3. The molecule has 0 bridgehead atoms. The summed E-state index contributed by atoms with van der Waals surface area (Å²) in [5, 5.41) is 7.92. The molecule has 6 nitrogen and oxygen atoms in total. The second-order valence-corrected chi connectivity index (χ2v) is 8.29. The van der Waals surface area contributed by atoms with Crippen LogP contribution in [0.4, 0.5) is 5.82 Å². The molecule has 164 valence electrons. The minimum absolute atomic E-state index is 0.0192. The van der Waals surface area contributed by atoms with Crippen LogP contribution in [0.2, 0.25) is 0 Å². The Morgan fingerprint density at radius 1 is 1.06 bits per heavy atom. The van der Waals surface area contributed by atoms with Crippen molar-refractivity contribution in [3.05, 3.63) is 70.1 Å². The van der Waals surface area contributed by atoms with Gasteiger partial charge >= 0.3 is 0 Å². The summed E-state index contributed by atoms with van der Waals surface area (Å²) in [6.07, 6.45) is 2.95. The Kier molecular flexibility index (Phi) is 6.68. The lowest BCUT2D eigenvalue weighted by molar-refractivity contribution is 0.169. The molecule has 1 saturated heterocycles. The minimum atomic E-state index is 0.0192. The van der Waals surface area contributed by atoms with E-state index in [1.807, 2.05) is 25.3 Å². The van der Waals surface area contributed by atoms with Gasteiger partial charge in [0.1, 0.15) is 5.82 Å². The summed E-state index contributed by atoms with van der Waals surface area (Å²) in [5.41, 5.74) is 3.54. The maximum absolute atomic E-state index is 12.2. The van der Waals surface area contributed by atoms with Gasteiger partial charge in [-0.15, -0.1) is 0 Å². The highest BCUT2D eigenvalue weighted by Crippen LogP contribution is 2.27. The zero-order valence-electron chi connectivity index (χ0n) is 18.8. The number of fused-ring (bicyclic) bond motifs is 1. The topological polar surface area (TPSA) is 62.2 Å². The van der Waals surface area contributed by atoms with Crippen molar-refractivity contribution >= 4 is 16.7 Å². The first-order valence-corrected chi connectivity index (χ1v) is 11.4. The van der Waals surface area contributed by atoms with Gasteiger partial charge in [0.05, 0.1) is 5.52 Å². The molecule has 1 aliphatic rings. The van der Waals surface area contributed by atoms with E-state index in [2.05, 4.69) is 58.6 Å². The number of aryl methyl sites for hydroxylation is 1. The Morgan fingerprint density at radius 3 is 2.45 bits per heavy atom. The third-order valence-corrected chi connectivity index (χ3v) is 6.36. The largest absolute Gasteiger partial charge is 0.363 e. The number of aromatic nitrogens is 2. The molecule has 0 radical (unpaired) electrons. The Bertz CT molecular complexity index is 1070. The van der Waals surface area contributed by atoms with E-state index in [-0.39, 0.29) is 11.6 Å². The van der Waals surface area contributed by atoms with E-state index in [4.69, 9.17) is 0 Å². The lowest BCUT2D eigenvalue weighted by atomic mass is 9.98. The zero-order valence-corrected chi connectivity index (χ0v) is 18.8. The predicted octanol–water partition coefficient (Wildman–Crippen LogP) is 3.95. The van der Waals surface area contributed by atoms with Gasteiger partial charge in [-0.1, -0.05) is 31.2 Å². The molecule has 2 aromatic heterocycles. The van der Waals surface area contributed by atoms with Gasteiger partial charge in [-0.05, 0) is 37.5 Å². The summed E-state index contributed by atoms with van der Waals surface area (Å²) in [7, 11) is 0. The number of hydrogen-bond acceptors (Lipinski definition) is 5. The Hall–Kier alpha value is -2.70. The van der Waals surface area contributed by atoms with E-state index in [0.717, 1.165) is 49.3 Å². The first kappa shape index (κ1) is 21.5. The molecule has 2 N–H and O–H groups in total. The molecule has 3 heterocycles. The van der Waals surface area contributed by atoms with Crippen LogP contribution in [0.5, 0.6) is 0 Å². The second kappa shape index (κ2) is 9.62. The Morgan fingerprint density at radius 2 is 1.77 bits per heavy atom.